The lowest BCUT2D eigenvalue weighted by atomic mass is 10.2. The minimum atomic E-state index is -0.399. The van der Waals surface area contributed by atoms with Crippen LogP contribution in [0, 0.1) is 0 Å². The minimum Gasteiger partial charge on any atom is -0.497 e. The summed E-state index contributed by atoms with van der Waals surface area (Å²) in [6, 6.07) is 21.3. The molecule has 0 spiro atoms. The Kier molecular flexibility index (Phi) is 4.75. The molecule has 28 heavy (non-hydrogen) atoms. The Morgan fingerprint density at radius 2 is 1.57 bits per heavy atom. The zero-order valence-electron chi connectivity index (χ0n) is 15.1. The van der Waals surface area contributed by atoms with E-state index >= 15 is 0 Å². The maximum absolute atomic E-state index is 13.3. The Morgan fingerprint density at radius 1 is 0.893 bits per heavy atom. The van der Waals surface area contributed by atoms with E-state index in [4.69, 9.17) is 16.3 Å². The van der Waals surface area contributed by atoms with E-state index in [1.165, 1.54) is 4.57 Å². The maximum Gasteiger partial charge on any atom is 0.336 e. The molecule has 0 bridgehead atoms. The van der Waals surface area contributed by atoms with E-state index < -0.39 is 5.69 Å². The van der Waals surface area contributed by atoms with Crippen molar-refractivity contribution in [3.8, 4) is 11.4 Å². The topological polar surface area (TPSA) is 53.2 Å². The number of halogens is 1. The number of rotatable bonds is 4. The number of fused-ring (bicyclic) bond motifs is 1. The first kappa shape index (κ1) is 18.1. The van der Waals surface area contributed by atoms with Crippen LogP contribution in [0.3, 0.4) is 0 Å². The number of nitrogens with zero attached hydrogens (tertiary/aromatic N) is 2. The van der Waals surface area contributed by atoms with Crippen molar-refractivity contribution in [2.45, 2.75) is 6.54 Å². The molecular formula is C22H17ClN2O3. The van der Waals surface area contributed by atoms with Gasteiger partial charge in [-0.25, -0.2) is 9.36 Å². The van der Waals surface area contributed by atoms with Gasteiger partial charge in [-0.1, -0.05) is 35.9 Å². The second kappa shape index (κ2) is 7.37. The van der Waals surface area contributed by atoms with E-state index in [2.05, 4.69) is 0 Å². The third-order valence-electron chi connectivity index (χ3n) is 4.64. The molecule has 1 heterocycles. The molecule has 0 aliphatic carbocycles. The van der Waals surface area contributed by atoms with Crippen LogP contribution in [0.15, 0.2) is 82.4 Å². The van der Waals surface area contributed by atoms with Gasteiger partial charge in [0.1, 0.15) is 5.75 Å². The largest absolute Gasteiger partial charge is 0.497 e. The molecule has 0 amide bonds. The lowest BCUT2D eigenvalue weighted by Gasteiger charge is -2.14. The molecule has 0 unspecified atom stereocenters. The highest BCUT2D eigenvalue weighted by atomic mass is 35.5. The summed E-state index contributed by atoms with van der Waals surface area (Å²) in [5.74, 6) is 0.652. The van der Waals surface area contributed by atoms with Crippen molar-refractivity contribution in [3.05, 3.63) is 104 Å². The number of ether oxygens (including phenoxy) is 1. The third kappa shape index (κ3) is 3.21. The third-order valence-corrected chi connectivity index (χ3v) is 4.89. The van der Waals surface area contributed by atoms with Gasteiger partial charge in [-0.05, 0) is 54.1 Å². The molecule has 3 aromatic carbocycles. The van der Waals surface area contributed by atoms with Crippen LogP contribution in [-0.2, 0) is 6.54 Å². The van der Waals surface area contributed by atoms with Crippen LogP contribution in [0.1, 0.15) is 5.56 Å². The van der Waals surface area contributed by atoms with Gasteiger partial charge in [0.15, 0.2) is 0 Å². The van der Waals surface area contributed by atoms with Crippen LogP contribution in [0.4, 0.5) is 0 Å². The molecule has 140 valence electrons. The summed E-state index contributed by atoms with van der Waals surface area (Å²) >= 11 is 5.97. The molecule has 0 N–H and O–H groups in total. The average molecular weight is 393 g/mol. The Bertz CT molecular complexity index is 1260. The van der Waals surface area contributed by atoms with Crippen molar-refractivity contribution >= 4 is 22.5 Å². The number of benzene rings is 3. The van der Waals surface area contributed by atoms with Crippen molar-refractivity contribution in [3.63, 3.8) is 0 Å². The Labute approximate surface area is 166 Å². The predicted octanol–water partition coefficient (Wildman–Crippen LogP) is 3.86. The van der Waals surface area contributed by atoms with Gasteiger partial charge in [-0.15, -0.1) is 0 Å². The number of para-hydroxylation sites is 1. The summed E-state index contributed by atoms with van der Waals surface area (Å²) in [5, 5.41) is 1.11. The fraction of sp³-hybridized carbons (Fsp3) is 0.0909. The van der Waals surface area contributed by atoms with Gasteiger partial charge >= 0.3 is 5.69 Å². The van der Waals surface area contributed by atoms with Gasteiger partial charge < -0.3 is 4.74 Å². The molecule has 0 saturated heterocycles. The highest BCUT2D eigenvalue weighted by Gasteiger charge is 2.14. The molecule has 0 saturated carbocycles. The lowest BCUT2D eigenvalue weighted by Crippen LogP contribution is -2.39. The first-order valence-corrected chi connectivity index (χ1v) is 9.10. The molecule has 4 aromatic rings. The summed E-state index contributed by atoms with van der Waals surface area (Å²) in [5.41, 5.74) is 1.25. The van der Waals surface area contributed by atoms with Crippen molar-refractivity contribution < 1.29 is 4.74 Å². The van der Waals surface area contributed by atoms with Crippen molar-refractivity contribution in [2.75, 3.05) is 7.11 Å². The van der Waals surface area contributed by atoms with Gasteiger partial charge in [0.05, 0.1) is 30.2 Å². The number of hydrogen-bond donors (Lipinski definition) is 0. The van der Waals surface area contributed by atoms with Crippen LogP contribution < -0.4 is 16.0 Å². The molecule has 0 radical (unpaired) electrons. The zero-order valence-corrected chi connectivity index (χ0v) is 15.9. The first-order chi connectivity index (χ1) is 13.6. The number of aromatic nitrogens is 2. The fourth-order valence-electron chi connectivity index (χ4n) is 3.21. The summed E-state index contributed by atoms with van der Waals surface area (Å²) in [6.45, 7) is 0.326. The fourth-order valence-corrected chi connectivity index (χ4v) is 3.33. The van der Waals surface area contributed by atoms with E-state index in [0.717, 1.165) is 5.56 Å². The molecule has 0 aliphatic heterocycles. The van der Waals surface area contributed by atoms with E-state index in [0.29, 0.717) is 33.9 Å². The molecule has 0 fully saturated rings. The van der Waals surface area contributed by atoms with Crippen LogP contribution in [0.5, 0.6) is 5.75 Å². The maximum atomic E-state index is 13.3. The molecule has 4 rings (SSSR count). The first-order valence-electron chi connectivity index (χ1n) is 8.72. The van der Waals surface area contributed by atoms with Crippen LogP contribution in [0.25, 0.3) is 16.6 Å². The van der Waals surface area contributed by atoms with Crippen LogP contribution in [0.2, 0.25) is 5.02 Å². The van der Waals surface area contributed by atoms with Crippen molar-refractivity contribution in [2.24, 2.45) is 0 Å². The number of hydrogen-bond acceptors (Lipinski definition) is 3. The summed E-state index contributed by atoms with van der Waals surface area (Å²) in [7, 11) is 1.57. The summed E-state index contributed by atoms with van der Waals surface area (Å²) in [4.78, 5) is 26.4. The Morgan fingerprint density at radius 3 is 2.25 bits per heavy atom. The molecule has 5 nitrogen and oxygen atoms in total. The van der Waals surface area contributed by atoms with Gasteiger partial charge in [0.2, 0.25) is 0 Å². The van der Waals surface area contributed by atoms with E-state index in [1.807, 2.05) is 18.2 Å². The van der Waals surface area contributed by atoms with E-state index in [1.54, 1.807) is 66.3 Å². The molecule has 0 aliphatic rings. The van der Waals surface area contributed by atoms with Crippen LogP contribution >= 0.6 is 11.6 Å². The van der Waals surface area contributed by atoms with Gasteiger partial charge in [-0.2, -0.15) is 0 Å². The highest BCUT2D eigenvalue weighted by Crippen LogP contribution is 2.16. The molecule has 6 heteroatoms. The standard InChI is InChI=1S/C22H17ClN2O3/c1-28-18-12-10-17(11-13-18)25-21(26)19-4-2-3-5-20(19)24(22(25)27)14-15-6-8-16(23)9-7-15/h2-13H,14H2,1H3. The molecule has 0 atom stereocenters. The van der Waals surface area contributed by atoms with E-state index in [9.17, 15) is 9.59 Å². The average Bonchev–Trinajstić information content (AvgIpc) is 2.73. The summed E-state index contributed by atoms with van der Waals surface area (Å²) in [6.07, 6.45) is 0. The quantitative estimate of drug-likeness (QED) is 0.530. The monoisotopic (exact) mass is 392 g/mol. The molecule has 1 aromatic heterocycles. The SMILES string of the molecule is COc1ccc(-n2c(=O)c3ccccc3n(Cc3ccc(Cl)cc3)c2=O)cc1. The van der Waals surface area contributed by atoms with Gasteiger partial charge in [-0.3, -0.25) is 9.36 Å². The minimum absolute atomic E-state index is 0.326. The van der Waals surface area contributed by atoms with Crippen molar-refractivity contribution in [1.29, 1.82) is 0 Å². The van der Waals surface area contributed by atoms with Gasteiger partial charge in [0.25, 0.3) is 5.56 Å². The highest BCUT2D eigenvalue weighted by molar-refractivity contribution is 6.30. The number of methoxy groups -OCH3 is 1. The summed E-state index contributed by atoms with van der Waals surface area (Å²) < 4.78 is 7.96. The van der Waals surface area contributed by atoms with Crippen molar-refractivity contribution in [1.82, 2.24) is 9.13 Å². The van der Waals surface area contributed by atoms with E-state index in [-0.39, 0.29) is 5.56 Å². The molecular weight excluding hydrogens is 376 g/mol. The Balaban J connectivity index is 1.96. The second-order valence-electron chi connectivity index (χ2n) is 6.35. The second-order valence-corrected chi connectivity index (χ2v) is 6.79. The Hall–Kier alpha value is -3.31. The zero-order chi connectivity index (χ0) is 19.7. The smallest absolute Gasteiger partial charge is 0.336 e. The van der Waals surface area contributed by atoms with Crippen LogP contribution in [-0.4, -0.2) is 16.2 Å². The predicted molar refractivity (Wildman–Crippen MR) is 111 cm³/mol. The normalized spacial score (nSPS) is 10.9. The lowest BCUT2D eigenvalue weighted by molar-refractivity contribution is 0.414. The van der Waals surface area contributed by atoms with Gasteiger partial charge in [0, 0.05) is 5.02 Å².